The van der Waals surface area contributed by atoms with Crippen LogP contribution in [0.25, 0.3) is 10.8 Å². The van der Waals surface area contributed by atoms with Crippen molar-refractivity contribution in [2.24, 2.45) is 0 Å². The average Bonchev–Trinajstić information content (AvgIpc) is 2.60. The van der Waals surface area contributed by atoms with Crippen molar-refractivity contribution in [3.63, 3.8) is 0 Å². The number of carboxylic acids is 1. The zero-order valence-electron chi connectivity index (χ0n) is 13.4. The molecule has 0 saturated heterocycles. The first-order valence-electron chi connectivity index (χ1n) is 8.12. The molecule has 0 spiro atoms. The van der Waals surface area contributed by atoms with Crippen molar-refractivity contribution in [1.82, 2.24) is 0 Å². The number of benzene rings is 3. The third-order valence-corrected chi connectivity index (χ3v) is 4.02. The van der Waals surface area contributed by atoms with Gasteiger partial charge in [-0.25, -0.2) is 0 Å². The summed E-state index contributed by atoms with van der Waals surface area (Å²) in [4.78, 5) is 10.7. The molecule has 24 heavy (non-hydrogen) atoms. The van der Waals surface area contributed by atoms with Crippen LogP contribution in [0.2, 0.25) is 0 Å². The second-order valence-corrected chi connectivity index (χ2v) is 5.83. The minimum Gasteiger partial charge on any atom is -0.489 e. The maximum Gasteiger partial charge on any atom is 0.303 e. The van der Waals surface area contributed by atoms with Gasteiger partial charge in [0.1, 0.15) is 12.4 Å². The molecule has 3 heteroatoms. The fourth-order valence-corrected chi connectivity index (χ4v) is 2.77. The van der Waals surface area contributed by atoms with Gasteiger partial charge in [0.2, 0.25) is 0 Å². The largest absolute Gasteiger partial charge is 0.489 e. The normalized spacial score (nSPS) is 10.7. The van der Waals surface area contributed by atoms with E-state index in [4.69, 9.17) is 9.84 Å². The van der Waals surface area contributed by atoms with E-state index >= 15 is 0 Å². The molecule has 0 aliphatic rings. The van der Waals surface area contributed by atoms with Gasteiger partial charge in [-0.2, -0.15) is 0 Å². The molecule has 3 aromatic carbocycles. The van der Waals surface area contributed by atoms with Crippen LogP contribution in [-0.2, 0) is 17.8 Å². The van der Waals surface area contributed by atoms with Gasteiger partial charge in [-0.15, -0.1) is 0 Å². The predicted molar refractivity (Wildman–Crippen MR) is 95.3 cm³/mol. The number of fused-ring (bicyclic) bond motifs is 1. The number of aryl methyl sites for hydroxylation is 1. The minimum absolute atomic E-state index is 0.180. The summed E-state index contributed by atoms with van der Waals surface area (Å²) in [6, 6.07) is 22.4. The highest BCUT2D eigenvalue weighted by atomic mass is 16.5. The Kier molecular flexibility index (Phi) is 5.12. The number of para-hydroxylation sites is 1. The summed E-state index contributed by atoms with van der Waals surface area (Å²) in [7, 11) is 0. The van der Waals surface area contributed by atoms with E-state index in [2.05, 4.69) is 30.3 Å². The van der Waals surface area contributed by atoms with Gasteiger partial charge >= 0.3 is 5.97 Å². The number of carbonyl (C=O) groups is 1. The first-order valence-corrected chi connectivity index (χ1v) is 8.12. The highest BCUT2D eigenvalue weighted by Gasteiger charge is 2.05. The number of rotatable bonds is 7. The van der Waals surface area contributed by atoms with Gasteiger partial charge in [-0.05, 0) is 46.9 Å². The SMILES string of the molecule is O=C(O)CCCc1ccccc1OCc1ccc2ccccc2c1. The van der Waals surface area contributed by atoms with E-state index in [-0.39, 0.29) is 6.42 Å². The van der Waals surface area contributed by atoms with E-state index in [1.165, 1.54) is 10.8 Å². The number of hydrogen-bond acceptors (Lipinski definition) is 2. The van der Waals surface area contributed by atoms with Gasteiger partial charge in [0.25, 0.3) is 0 Å². The molecule has 0 heterocycles. The number of aliphatic carboxylic acids is 1. The maximum absolute atomic E-state index is 10.7. The van der Waals surface area contributed by atoms with Gasteiger partial charge in [-0.1, -0.05) is 54.6 Å². The van der Waals surface area contributed by atoms with Crippen molar-refractivity contribution < 1.29 is 14.6 Å². The zero-order valence-corrected chi connectivity index (χ0v) is 13.4. The molecular formula is C21H20O3. The summed E-state index contributed by atoms with van der Waals surface area (Å²) in [6.45, 7) is 0.501. The van der Waals surface area contributed by atoms with Crippen molar-refractivity contribution in [1.29, 1.82) is 0 Å². The Bertz CT molecular complexity index is 839. The lowest BCUT2D eigenvalue weighted by molar-refractivity contribution is -0.137. The van der Waals surface area contributed by atoms with Crippen LogP contribution >= 0.6 is 0 Å². The molecule has 0 atom stereocenters. The van der Waals surface area contributed by atoms with Crippen LogP contribution in [0.5, 0.6) is 5.75 Å². The fraction of sp³-hybridized carbons (Fsp3) is 0.190. The van der Waals surface area contributed by atoms with Gasteiger partial charge in [0.15, 0.2) is 0 Å². The third kappa shape index (κ3) is 4.13. The second-order valence-electron chi connectivity index (χ2n) is 5.83. The van der Waals surface area contributed by atoms with Crippen molar-refractivity contribution in [3.05, 3.63) is 77.9 Å². The van der Waals surface area contributed by atoms with Crippen molar-refractivity contribution in [3.8, 4) is 5.75 Å². The Hall–Kier alpha value is -2.81. The molecular weight excluding hydrogens is 300 g/mol. The topological polar surface area (TPSA) is 46.5 Å². The lowest BCUT2D eigenvalue weighted by atomic mass is 10.1. The monoisotopic (exact) mass is 320 g/mol. The lowest BCUT2D eigenvalue weighted by Crippen LogP contribution is -2.00. The fourth-order valence-electron chi connectivity index (χ4n) is 2.77. The van der Waals surface area contributed by atoms with Crippen LogP contribution in [0, 0.1) is 0 Å². The molecule has 0 saturated carbocycles. The molecule has 122 valence electrons. The van der Waals surface area contributed by atoms with Gasteiger partial charge < -0.3 is 9.84 Å². The lowest BCUT2D eigenvalue weighted by Gasteiger charge is -2.12. The third-order valence-electron chi connectivity index (χ3n) is 4.02. The zero-order chi connectivity index (χ0) is 16.8. The highest BCUT2D eigenvalue weighted by Crippen LogP contribution is 2.22. The van der Waals surface area contributed by atoms with E-state index in [9.17, 15) is 4.79 Å². The Labute approximate surface area is 141 Å². The summed E-state index contributed by atoms with van der Waals surface area (Å²) in [5, 5.41) is 11.2. The first kappa shape index (κ1) is 16.1. The Morgan fingerprint density at radius 1 is 0.917 bits per heavy atom. The van der Waals surface area contributed by atoms with Gasteiger partial charge in [-0.3, -0.25) is 4.79 Å². The van der Waals surface area contributed by atoms with E-state index < -0.39 is 5.97 Å². The molecule has 0 amide bonds. The first-order chi connectivity index (χ1) is 11.7. The summed E-state index contributed by atoms with van der Waals surface area (Å²) >= 11 is 0. The molecule has 0 aliphatic carbocycles. The molecule has 0 fully saturated rings. The molecule has 0 unspecified atom stereocenters. The maximum atomic E-state index is 10.7. The summed E-state index contributed by atoms with van der Waals surface area (Å²) in [6.07, 6.45) is 1.50. The van der Waals surface area contributed by atoms with E-state index in [0.29, 0.717) is 19.4 Å². The van der Waals surface area contributed by atoms with Crippen molar-refractivity contribution in [2.45, 2.75) is 25.9 Å². The Morgan fingerprint density at radius 3 is 2.50 bits per heavy atom. The van der Waals surface area contributed by atoms with Crippen LogP contribution in [0.4, 0.5) is 0 Å². The van der Waals surface area contributed by atoms with Crippen molar-refractivity contribution in [2.75, 3.05) is 0 Å². The number of carboxylic acid groups (broad SMARTS) is 1. The molecule has 3 aromatic rings. The molecule has 0 aromatic heterocycles. The minimum atomic E-state index is -0.760. The summed E-state index contributed by atoms with van der Waals surface area (Å²) < 4.78 is 5.98. The molecule has 0 aliphatic heterocycles. The van der Waals surface area contributed by atoms with Gasteiger partial charge in [0, 0.05) is 6.42 Å². The van der Waals surface area contributed by atoms with Crippen LogP contribution in [0.3, 0.4) is 0 Å². The highest BCUT2D eigenvalue weighted by molar-refractivity contribution is 5.82. The molecule has 3 rings (SSSR count). The molecule has 0 bridgehead atoms. The van der Waals surface area contributed by atoms with E-state index in [1.807, 2.05) is 36.4 Å². The van der Waals surface area contributed by atoms with Crippen LogP contribution in [0.1, 0.15) is 24.0 Å². The smallest absolute Gasteiger partial charge is 0.303 e. The summed E-state index contributed by atoms with van der Waals surface area (Å²) in [5.74, 6) is 0.0700. The Morgan fingerprint density at radius 2 is 1.67 bits per heavy atom. The van der Waals surface area contributed by atoms with Gasteiger partial charge in [0.05, 0.1) is 0 Å². The number of hydrogen-bond donors (Lipinski definition) is 1. The Balaban J connectivity index is 1.68. The summed E-state index contributed by atoms with van der Waals surface area (Å²) in [5.41, 5.74) is 2.17. The van der Waals surface area contributed by atoms with Crippen LogP contribution in [-0.4, -0.2) is 11.1 Å². The van der Waals surface area contributed by atoms with Crippen molar-refractivity contribution >= 4 is 16.7 Å². The second kappa shape index (κ2) is 7.64. The van der Waals surface area contributed by atoms with Crippen LogP contribution < -0.4 is 4.74 Å². The molecule has 0 radical (unpaired) electrons. The predicted octanol–water partition coefficient (Wildman–Crippen LogP) is 4.83. The standard InChI is InChI=1S/C21H20O3/c22-21(23)11-5-9-18-7-3-4-10-20(18)24-15-16-12-13-17-6-1-2-8-19(17)14-16/h1-4,6-8,10,12-14H,5,9,11,15H2,(H,22,23). The average molecular weight is 320 g/mol. The quantitative estimate of drug-likeness (QED) is 0.678. The molecule has 1 N–H and O–H groups in total. The van der Waals surface area contributed by atoms with E-state index in [1.54, 1.807) is 0 Å². The number of ether oxygens (including phenoxy) is 1. The molecule has 3 nitrogen and oxygen atoms in total. The van der Waals surface area contributed by atoms with Crippen LogP contribution in [0.15, 0.2) is 66.7 Å². The van der Waals surface area contributed by atoms with E-state index in [0.717, 1.165) is 16.9 Å².